The lowest BCUT2D eigenvalue weighted by atomic mass is 9.83. The highest BCUT2D eigenvalue weighted by molar-refractivity contribution is 5.84. The summed E-state index contributed by atoms with van der Waals surface area (Å²) in [7, 11) is 0. The van der Waals surface area contributed by atoms with Gasteiger partial charge in [-0.25, -0.2) is 9.37 Å². The Labute approximate surface area is 156 Å². The number of hydrogen-bond acceptors (Lipinski definition) is 4. The van der Waals surface area contributed by atoms with Crippen molar-refractivity contribution in [2.45, 2.75) is 37.8 Å². The van der Waals surface area contributed by atoms with Crippen LogP contribution in [0.25, 0.3) is 0 Å². The van der Waals surface area contributed by atoms with Gasteiger partial charge in [-0.05, 0) is 30.5 Å². The summed E-state index contributed by atoms with van der Waals surface area (Å²) in [6.45, 7) is -0.264. The predicted molar refractivity (Wildman–Crippen MR) is 86.1 cm³/mol. The summed E-state index contributed by atoms with van der Waals surface area (Å²) < 4.78 is 67.4. The van der Waals surface area contributed by atoms with Gasteiger partial charge in [0, 0.05) is 18.2 Å². The second kappa shape index (κ2) is 7.70. The van der Waals surface area contributed by atoms with E-state index in [0.717, 1.165) is 18.2 Å². The van der Waals surface area contributed by atoms with Gasteiger partial charge in [-0.2, -0.15) is 4.39 Å². The standard InChI is InChI=1S/C18H15F5N2O3/c19-13-7-10(28-18(21,22)23)2-1-9(13)8-24-17(27)12-3-5-14(26)16-11(12)4-6-15(20)25-16/h1-2,4,6-7,12,14,26H,3,5,8H2,(H,24,27)/t12-,14-/m0/s1. The third-order valence-electron chi connectivity index (χ3n) is 4.37. The normalized spacial score (nSPS) is 19.1. The zero-order valence-electron chi connectivity index (χ0n) is 14.3. The van der Waals surface area contributed by atoms with Gasteiger partial charge in [0.2, 0.25) is 11.9 Å². The van der Waals surface area contributed by atoms with Crippen LogP contribution in [-0.4, -0.2) is 22.4 Å². The Kier molecular flexibility index (Phi) is 5.50. The molecule has 5 nitrogen and oxygen atoms in total. The number of amides is 1. The fourth-order valence-corrected chi connectivity index (χ4v) is 3.09. The molecule has 1 heterocycles. The van der Waals surface area contributed by atoms with Crippen molar-refractivity contribution in [1.29, 1.82) is 0 Å². The van der Waals surface area contributed by atoms with Crippen LogP contribution in [0.1, 0.15) is 41.7 Å². The van der Waals surface area contributed by atoms with Crippen LogP contribution in [-0.2, 0) is 11.3 Å². The molecule has 0 aliphatic heterocycles. The molecule has 0 saturated heterocycles. The quantitative estimate of drug-likeness (QED) is 0.607. The van der Waals surface area contributed by atoms with Crippen LogP contribution in [0, 0.1) is 11.8 Å². The van der Waals surface area contributed by atoms with Gasteiger partial charge in [-0.3, -0.25) is 4.79 Å². The van der Waals surface area contributed by atoms with Crippen LogP contribution in [0.2, 0.25) is 0 Å². The highest BCUT2D eigenvalue weighted by Gasteiger charge is 2.33. The third kappa shape index (κ3) is 4.56. The molecule has 0 bridgehead atoms. The number of benzene rings is 1. The smallest absolute Gasteiger partial charge is 0.406 e. The largest absolute Gasteiger partial charge is 0.573 e. The summed E-state index contributed by atoms with van der Waals surface area (Å²) in [6, 6.07) is 5.04. The van der Waals surface area contributed by atoms with Crippen molar-refractivity contribution in [2.24, 2.45) is 0 Å². The number of fused-ring (bicyclic) bond motifs is 1. The summed E-state index contributed by atoms with van der Waals surface area (Å²) in [5.41, 5.74) is 0.439. The Morgan fingerprint density at radius 2 is 1.96 bits per heavy atom. The van der Waals surface area contributed by atoms with E-state index in [9.17, 15) is 31.9 Å². The van der Waals surface area contributed by atoms with Gasteiger partial charge >= 0.3 is 6.36 Å². The van der Waals surface area contributed by atoms with E-state index in [1.807, 2.05) is 0 Å². The zero-order chi connectivity index (χ0) is 20.5. The molecule has 0 fully saturated rings. The number of carbonyl (C=O) groups excluding carboxylic acids is 1. The Morgan fingerprint density at radius 1 is 1.21 bits per heavy atom. The molecule has 2 aromatic rings. The van der Waals surface area contributed by atoms with Crippen molar-refractivity contribution in [1.82, 2.24) is 10.3 Å². The molecule has 10 heteroatoms. The highest BCUT2D eigenvalue weighted by atomic mass is 19.4. The molecule has 1 aromatic heterocycles. The summed E-state index contributed by atoms with van der Waals surface area (Å²) in [6.07, 6.45) is -5.42. The van der Waals surface area contributed by atoms with Gasteiger partial charge in [0.05, 0.1) is 17.7 Å². The van der Waals surface area contributed by atoms with E-state index in [2.05, 4.69) is 15.0 Å². The number of aliphatic hydroxyl groups excluding tert-OH is 1. The molecular weight excluding hydrogens is 387 g/mol. The maximum absolute atomic E-state index is 14.0. The zero-order valence-corrected chi connectivity index (χ0v) is 14.3. The third-order valence-corrected chi connectivity index (χ3v) is 4.37. The Balaban J connectivity index is 1.69. The molecule has 2 atom stereocenters. The minimum absolute atomic E-state index is 0.0313. The van der Waals surface area contributed by atoms with Crippen molar-refractivity contribution in [3.05, 3.63) is 58.9 Å². The monoisotopic (exact) mass is 402 g/mol. The van der Waals surface area contributed by atoms with Gasteiger partial charge in [-0.15, -0.1) is 13.2 Å². The Bertz CT molecular complexity index is 888. The average Bonchev–Trinajstić information content (AvgIpc) is 2.60. The second-order valence-electron chi connectivity index (χ2n) is 6.27. The molecule has 0 saturated carbocycles. The first-order chi connectivity index (χ1) is 13.1. The first-order valence-electron chi connectivity index (χ1n) is 8.30. The molecule has 1 aliphatic carbocycles. The van der Waals surface area contributed by atoms with Crippen LogP contribution in [0.5, 0.6) is 5.75 Å². The molecule has 2 N–H and O–H groups in total. The number of hydrogen-bond donors (Lipinski definition) is 2. The number of nitrogens with one attached hydrogen (secondary N) is 1. The van der Waals surface area contributed by atoms with Crippen LogP contribution >= 0.6 is 0 Å². The Morgan fingerprint density at radius 3 is 2.64 bits per heavy atom. The minimum atomic E-state index is -4.94. The lowest BCUT2D eigenvalue weighted by Crippen LogP contribution is -2.32. The fourth-order valence-electron chi connectivity index (χ4n) is 3.09. The van der Waals surface area contributed by atoms with Crippen molar-refractivity contribution >= 4 is 5.91 Å². The highest BCUT2D eigenvalue weighted by Crippen LogP contribution is 2.36. The number of carbonyl (C=O) groups is 1. The van der Waals surface area contributed by atoms with E-state index in [-0.39, 0.29) is 30.6 Å². The topological polar surface area (TPSA) is 71.5 Å². The van der Waals surface area contributed by atoms with Crippen LogP contribution in [0.15, 0.2) is 30.3 Å². The number of rotatable bonds is 4. The van der Waals surface area contributed by atoms with Gasteiger partial charge < -0.3 is 15.2 Å². The van der Waals surface area contributed by atoms with E-state index >= 15 is 0 Å². The van der Waals surface area contributed by atoms with Crippen molar-refractivity contribution in [3.63, 3.8) is 0 Å². The van der Waals surface area contributed by atoms with Crippen molar-refractivity contribution in [2.75, 3.05) is 0 Å². The number of halogens is 5. The molecule has 1 aromatic carbocycles. The fraction of sp³-hybridized carbons (Fsp3) is 0.333. The van der Waals surface area contributed by atoms with Crippen LogP contribution in [0.3, 0.4) is 0 Å². The molecule has 0 unspecified atom stereocenters. The van der Waals surface area contributed by atoms with Gasteiger partial charge in [0.15, 0.2) is 0 Å². The van der Waals surface area contributed by atoms with E-state index in [1.54, 1.807) is 0 Å². The van der Waals surface area contributed by atoms with E-state index in [0.29, 0.717) is 11.6 Å². The first kappa shape index (κ1) is 20.0. The summed E-state index contributed by atoms with van der Waals surface area (Å²) >= 11 is 0. The molecule has 1 amide bonds. The predicted octanol–water partition coefficient (Wildman–Crippen LogP) is 3.49. The molecule has 3 rings (SSSR count). The van der Waals surface area contributed by atoms with Crippen molar-refractivity contribution < 1.29 is 36.6 Å². The van der Waals surface area contributed by atoms with Crippen LogP contribution < -0.4 is 10.1 Å². The van der Waals surface area contributed by atoms with E-state index in [1.165, 1.54) is 6.07 Å². The maximum atomic E-state index is 14.0. The molecule has 0 spiro atoms. The summed E-state index contributed by atoms with van der Waals surface area (Å²) in [5.74, 6) is -3.64. The molecule has 28 heavy (non-hydrogen) atoms. The first-order valence-corrected chi connectivity index (χ1v) is 8.30. The number of aliphatic hydroxyl groups is 1. The van der Waals surface area contributed by atoms with Gasteiger partial charge in [0.25, 0.3) is 0 Å². The van der Waals surface area contributed by atoms with Gasteiger partial charge in [-0.1, -0.05) is 12.1 Å². The second-order valence-corrected chi connectivity index (χ2v) is 6.27. The van der Waals surface area contributed by atoms with E-state index < -0.39 is 41.8 Å². The SMILES string of the molecule is O=C(NCc1ccc(OC(F)(F)F)cc1F)[C@H]1CC[C@H](O)c2nc(F)ccc21. The maximum Gasteiger partial charge on any atom is 0.573 e. The number of ether oxygens (including phenoxy) is 1. The summed E-state index contributed by atoms with van der Waals surface area (Å²) in [5, 5.41) is 12.4. The van der Waals surface area contributed by atoms with E-state index in [4.69, 9.17) is 0 Å². The number of aromatic nitrogens is 1. The molecular formula is C18H15F5N2O3. The minimum Gasteiger partial charge on any atom is -0.406 e. The lowest BCUT2D eigenvalue weighted by Gasteiger charge is -2.27. The number of nitrogens with zero attached hydrogens (tertiary/aromatic N) is 1. The molecule has 0 radical (unpaired) electrons. The summed E-state index contributed by atoms with van der Waals surface area (Å²) in [4.78, 5) is 16.1. The van der Waals surface area contributed by atoms with Crippen molar-refractivity contribution in [3.8, 4) is 5.75 Å². The van der Waals surface area contributed by atoms with Gasteiger partial charge in [0.1, 0.15) is 11.6 Å². The Hall–Kier alpha value is -2.75. The number of alkyl halides is 3. The average molecular weight is 402 g/mol. The van der Waals surface area contributed by atoms with Crippen LogP contribution in [0.4, 0.5) is 22.0 Å². The number of pyridine rings is 1. The lowest BCUT2D eigenvalue weighted by molar-refractivity contribution is -0.274. The molecule has 1 aliphatic rings. The molecule has 150 valence electrons.